The standard InChI is InChI=1S/C29H26ClN5O4/c1-16-4-9-25(36)26-20-14-29(2,11-10-22(20)33-35(16)26)32-27(37)19-7-6-18(13-21(19)30)34-15-31-23-12-17(28(38)39-3)5-8-24(23)34/h4-9,12-13,15,36H,10-11,14H2,1-3H3,(H,32,37)/t29-/m1/s1. The summed E-state index contributed by atoms with van der Waals surface area (Å²) in [7, 11) is 1.34. The second-order valence-electron chi connectivity index (χ2n) is 10.2. The van der Waals surface area contributed by atoms with E-state index in [-0.39, 0.29) is 11.7 Å². The lowest BCUT2D eigenvalue weighted by molar-refractivity contribution is 0.0600. The molecule has 0 unspecified atom stereocenters. The molecule has 2 aromatic carbocycles. The van der Waals surface area contributed by atoms with Gasteiger partial charge in [-0.15, -0.1) is 0 Å². The number of aryl methyl sites for hydroxylation is 2. The minimum atomic E-state index is -0.538. The largest absolute Gasteiger partial charge is 0.506 e. The number of halogens is 1. The number of methoxy groups -OCH3 is 1. The van der Waals surface area contributed by atoms with Crippen LogP contribution >= 0.6 is 11.6 Å². The van der Waals surface area contributed by atoms with Gasteiger partial charge in [0.2, 0.25) is 0 Å². The molecule has 3 heterocycles. The van der Waals surface area contributed by atoms with Crippen molar-refractivity contribution in [3.8, 4) is 11.4 Å². The highest BCUT2D eigenvalue weighted by Gasteiger charge is 2.35. The third-order valence-corrected chi connectivity index (χ3v) is 7.78. The summed E-state index contributed by atoms with van der Waals surface area (Å²) in [4.78, 5) is 29.6. The van der Waals surface area contributed by atoms with Crippen LogP contribution in [0.2, 0.25) is 5.02 Å². The Morgan fingerprint density at radius 3 is 2.74 bits per heavy atom. The van der Waals surface area contributed by atoms with Crippen LogP contribution in [0.15, 0.2) is 54.9 Å². The van der Waals surface area contributed by atoms with Gasteiger partial charge in [-0.1, -0.05) is 11.6 Å². The first kappa shape index (κ1) is 24.9. The zero-order valence-electron chi connectivity index (χ0n) is 21.7. The number of aromatic nitrogens is 4. The van der Waals surface area contributed by atoms with E-state index >= 15 is 0 Å². The SMILES string of the molecule is COC(=O)c1ccc2c(c1)ncn2-c1ccc(C(=O)N[C@]2(C)CCc3nn4c(C)ccc(O)c4c3C2)c(Cl)c1. The molecule has 0 radical (unpaired) electrons. The molecule has 0 fully saturated rings. The van der Waals surface area contributed by atoms with Crippen LogP contribution in [-0.2, 0) is 17.6 Å². The number of nitrogens with zero attached hydrogens (tertiary/aromatic N) is 4. The smallest absolute Gasteiger partial charge is 0.337 e. The molecular formula is C29H26ClN5O4. The number of benzene rings is 2. The predicted molar refractivity (Wildman–Crippen MR) is 147 cm³/mol. The summed E-state index contributed by atoms with van der Waals surface area (Å²) in [6.45, 7) is 3.95. The first-order valence-electron chi connectivity index (χ1n) is 12.5. The van der Waals surface area contributed by atoms with Gasteiger partial charge in [0.05, 0.1) is 40.0 Å². The van der Waals surface area contributed by atoms with E-state index in [4.69, 9.17) is 21.4 Å². The lowest BCUT2D eigenvalue weighted by atomic mass is 9.81. The van der Waals surface area contributed by atoms with Crippen LogP contribution in [0.5, 0.6) is 5.75 Å². The van der Waals surface area contributed by atoms with Crippen LogP contribution in [-0.4, -0.2) is 48.8 Å². The second kappa shape index (κ2) is 9.13. The van der Waals surface area contributed by atoms with Gasteiger partial charge in [0.1, 0.15) is 17.6 Å². The first-order valence-corrected chi connectivity index (χ1v) is 12.9. The van der Waals surface area contributed by atoms with Crippen LogP contribution in [0, 0.1) is 6.92 Å². The molecule has 10 heteroatoms. The molecular weight excluding hydrogens is 518 g/mol. The van der Waals surface area contributed by atoms with Crippen molar-refractivity contribution < 1.29 is 19.4 Å². The Balaban J connectivity index is 1.25. The Hall–Kier alpha value is -4.37. The number of amides is 1. The topological polar surface area (TPSA) is 111 Å². The lowest BCUT2D eigenvalue weighted by Gasteiger charge is -2.34. The van der Waals surface area contributed by atoms with Gasteiger partial charge in [-0.25, -0.2) is 14.3 Å². The minimum absolute atomic E-state index is 0.178. The summed E-state index contributed by atoms with van der Waals surface area (Å²) >= 11 is 6.62. The molecule has 0 saturated carbocycles. The Labute approximate surface area is 229 Å². The summed E-state index contributed by atoms with van der Waals surface area (Å²) in [5.74, 6) is -0.522. The van der Waals surface area contributed by atoms with Crippen LogP contribution in [0.4, 0.5) is 0 Å². The number of aromatic hydroxyl groups is 1. The molecule has 1 aliphatic carbocycles. The highest BCUT2D eigenvalue weighted by molar-refractivity contribution is 6.34. The van der Waals surface area contributed by atoms with E-state index in [1.807, 2.05) is 30.5 Å². The van der Waals surface area contributed by atoms with Crippen LogP contribution in [0.25, 0.3) is 22.2 Å². The molecule has 0 bridgehead atoms. The quantitative estimate of drug-likeness (QED) is 0.315. The number of fused-ring (bicyclic) bond motifs is 4. The number of pyridine rings is 1. The van der Waals surface area contributed by atoms with Gasteiger partial charge in [0.15, 0.2) is 0 Å². The van der Waals surface area contributed by atoms with E-state index in [1.54, 1.807) is 47.2 Å². The third kappa shape index (κ3) is 4.19. The average molecular weight is 544 g/mol. The number of carbonyl (C=O) groups excluding carboxylic acids is 2. The zero-order valence-corrected chi connectivity index (χ0v) is 22.4. The second-order valence-corrected chi connectivity index (χ2v) is 10.6. The fourth-order valence-electron chi connectivity index (χ4n) is 5.37. The van der Waals surface area contributed by atoms with Crippen molar-refractivity contribution in [3.63, 3.8) is 0 Å². The normalized spacial score (nSPS) is 16.8. The molecule has 1 aliphatic rings. The van der Waals surface area contributed by atoms with Crippen molar-refractivity contribution in [1.82, 2.24) is 24.5 Å². The van der Waals surface area contributed by atoms with Gasteiger partial charge in [-0.05, 0) is 81.6 Å². The van der Waals surface area contributed by atoms with Crippen molar-refractivity contribution in [2.24, 2.45) is 0 Å². The van der Waals surface area contributed by atoms with Crippen molar-refractivity contribution in [2.75, 3.05) is 7.11 Å². The van der Waals surface area contributed by atoms with Gasteiger partial charge in [0, 0.05) is 22.5 Å². The molecule has 198 valence electrons. The van der Waals surface area contributed by atoms with E-state index in [0.29, 0.717) is 46.4 Å². The molecule has 0 spiro atoms. The summed E-state index contributed by atoms with van der Waals surface area (Å²) in [6.07, 6.45) is 3.58. The number of nitrogens with one attached hydrogen (secondary N) is 1. The molecule has 6 rings (SSSR count). The maximum absolute atomic E-state index is 13.4. The molecule has 0 aliphatic heterocycles. The van der Waals surface area contributed by atoms with Crippen LogP contribution in [0.1, 0.15) is 51.0 Å². The minimum Gasteiger partial charge on any atom is -0.506 e. The number of hydrogen-bond donors (Lipinski definition) is 2. The van der Waals surface area contributed by atoms with Crippen molar-refractivity contribution in [2.45, 2.75) is 38.6 Å². The molecule has 2 N–H and O–H groups in total. The molecule has 3 aromatic heterocycles. The summed E-state index contributed by atoms with van der Waals surface area (Å²) in [6, 6.07) is 13.9. The maximum Gasteiger partial charge on any atom is 0.337 e. The highest BCUT2D eigenvalue weighted by atomic mass is 35.5. The van der Waals surface area contributed by atoms with Crippen LogP contribution < -0.4 is 5.32 Å². The number of rotatable bonds is 4. The monoisotopic (exact) mass is 543 g/mol. The van der Waals surface area contributed by atoms with Gasteiger partial charge in [-0.2, -0.15) is 5.10 Å². The Morgan fingerprint density at radius 1 is 1.15 bits per heavy atom. The predicted octanol–water partition coefficient (Wildman–Crippen LogP) is 4.80. The van der Waals surface area contributed by atoms with E-state index in [2.05, 4.69) is 10.3 Å². The highest BCUT2D eigenvalue weighted by Crippen LogP contribution is 2.35. The molecule has 0 saturated heterocycles. The van der Waals surface area contributed by atoms with Gasteiger partial charge < -0.3 is 15.2 Å². The number of ether oxygens (including phenoxy) is 1. The van der Waals surface area contributed by atoms with Gasteiger partial charge >= 0.3 is 5.97 Å². The first-order chi connectivity index (χ1) is 18.7. The molecule has 1 amide bonds. The zero-order chi connectivity index (χ0) is 27.5. The molecule has 39 heavy (non-hydrogen) atoms. The summed E-state index contributed by atoms with van der Waals surface area (Å²) in [5, 5.41) is 18.7. The van der Waals surface area contributed by atoms with E-state index < -0.39 is 11.5 Å². The fraction of sp³-hybridized carbons (Fsp3) is 0.241. The average Bonchev–Trinajstić information content (AvgIpc) is 3.51. The van der Waals surface area contributed by atoms with E-state index in [1.165, 1.54) is 7.11 Å². The number of imidazole rings is 1. The molecule has 1 atom stereocenters. The van der Waals surface area contributed by atoms with E-state index in [9.17, 15) is 14.7 Å². The molecule has 9 nitrogen and oxygen atoms in total. The van der Waals surface area contributed by atoms with Gasteiger partial charge in [0.25, 0.3) is 5.91 Å². The Bertz CT molecular complexity index is 1810. The van der Waals surface area contributed by atoms with Crippen molar-refractivity contribution >= 4 is 40.0 Å². The van der Waals surface area contributed by atoms with Crippen molar-refractivity contribution in [1.29, 1.82) is 0 Å². The number of esters is 1. The molecule has 5 aromatic rings. The fourth-order valence-corrected chi connectivity index (χ4v) is 5.63. The summed E-state index contributed by atoms with van der Waals surface area (Å²) < 4.78 is 8.41. The lowest BCUT2D eigenvalue weighted by Crippen LogP contribution is -2.49. The Morgan fingerprint density at radius 2 is 1.97 bits per heavy atom. The Kier molecular flexibility index (Phi) is 5.84. The van der Waals surface area contributed by atoms with Gasteiger partial charge in [-0.3, -0.25) is 9.36 Å². The summed E-state index contributed by atoms with van der Waals surface area (Å²) in [5.41, 5.74) is 5.92. The van der Waals surface area contributed by atoms with E-state index in [0.717, 1.165) is 28.2 Å². The number of carbonyl (C=O) groups is 2. The van der Waals surface area contributed by atoms with Crippen LogP contribution in [0.3, 0.4) is 0 Å². The maximum atomic E-state index is 13.4. The third-order valence-electron chi connectivity index (χ3n) is 7.47. The number of hydrogen-bond acceptors (Lipinski definition) is 6. The van der Waals surface area contributed by atoms with Crippen molar-refractivity contribution in [3.05, 3.63) is 88.0 Å².